The van der Waals surface area contributed by atoms with Gasteiger partial charge in [0.2, 0.25) is 5.91 Å². The number of carbonyl (C=O) groups excluding carboxylic acids is 1. The third-order valence-corrected chi connectivity index (χ3v) is 8.55. The van der Waals surface area contributed by atoms with Gasteiger partial charge in [-0.25, -0.2) is 5.06 Å². The summed E-state index contributed by atoms with van der Waals surface area (Å²) in [5.74, 6) is 4.80. The van der Waals surface area contributed by atoms with E-state index in [1.807, 2.05) is 0 Å². The summed E-state index contributed by atoms with van der Waals surface area (Å²) in [6, 6.07) is 0. The normalized spacial score (nSPS) is 43.4. The van der Waals surface area contributed by atoms with E-state index in [-0.39, 0.29) is 17.2 Å². The Hall–Kier alpha value is -0.570. The number of carbonyl (C=O) groups is 1. The Morgan fingerprint density at radius 1 is 1.12 bits per heavy atom. The SMILES string of the molecule is CCCC1C(CC)CCC2C1CCC1(C)C(C(=O)N(C)OC)CCC21. The fourth-order valence-corrected chi connectivity index (χ4v) is 7.24. The van der Waals surface area contributed by atoms with E-state index >= 15 is 0 Å². The molecule has 0 N–H and O–H groups in total. The van der Waals surface area contributed by atoms with Crippen LogP contribution in [-0.2, 0) is 9.63 Å². The van der Waals surface area contributed by atoms with E-state index in [1.165, 1.54) is 56.4 Å². The maximum absolute atomic E-state index is 12.9. The Balaban J connectivity index is 1.80. The molecule has 3 fully saturated rings. The van der Waals surface area contributed by atoms with E-state index in [2.05, 4.69) is 20.8 Å². The summed E-state index contributed by atoms with van der Waals surface area (Å²) < 4.78 is 0. The molecule has 3 aliphatic rings. The van der Waals surface area contributed by atoms with Crippen molar-refractivity contribution in [3.63, 3.8) is 0 Å². The summed E-state index contributed by atoms with van der Waals surface area (Å²) in [5, 5.41) is 1.47. The molecule has 3 heteroatoms. The van der Waals surface area contributed by atoms with Gasteiger partial charge in [0.15, 0.2) is 0 Å². The van der Waals surface area contributed by atoms with Gasteiger partial charge in [-0.2, -0.15) is 0 Å². The van der Waals surface area contributed by atoms with Gasteiger partial charge in [0.25, 0.3) is 0 Å². The standard InChI is InChI=1S/C22H39NO2/c1-6-8-16-15(7-2)9-10-18-17(16)13-14-22(3)19(18)11-12-20(22)21(24)23(4)25-5/h15-20H,6-14H2,1-5H3. The first-order chi connectivity index (χ1) is 12.0. The topological polar surface area (TPSA) is 29.5 Å². The number of amides is 1. The molecule has 0 bridgehead atoms. The molecule has 0 spiro atoms. The Bertz CT molecular complexity index is 479. The van der Waals surface area contributed by atoms with Gasteiger partial charge >= 0.3 is 0 Å². The van der Waals surface area contributed by atoms with Crippen molar-refractivity contribution in [3.05, 3.63) is 0 Å². The lowest BCUT2D eigenvalue weighted by Crippen LogP contribution is -2.49. The highest BCUT2D eigenvalue weighted by atomic mass is 16.7. The van der Waals surface area contributed by atoms with Crippen LogP contribution < -0.4 is 0 Å². The second-order valence-corrected chi connectivity index (χ2v) is 9.33. The minimum atomic E-state index is 0.164. The van der Waals surface area contributed by atoms with Crippen LogP contribution in [0.5, 0.6) is 0 Å². The molecular weight excluding hydrogens is 310 g/mol. The smallest absolute Gasteiger partial charge is 0.249 e. The van der Waals surface area contributed by atoms with E-state index in [0.717, 1.165) is 36.0 Å². The fraction of sp³-hybridized carbons (Fsp3) is 0.955. The molecule has 0 saturated heterocycles. The number of rotatable bonds is 5. The van der Waals surface area contributed by atoms with Gasteiger partial charge in [0, 0.05) is 13.0 Å². The third-order valence-electron chi connectivity index (χ3n) is 8.55. The summed E-state index contributed by atoms with van der Waals surface area (Å²) >= 11 is 0. The van der Waals surface area contributed by atoms with E-state index in [4.69, 9.17) is 4.84 Å². The van der Waals surface area contributed by atoms with Crippen molar-refractivity contribution in [2.24, 2.45) is 40.9 Å². The molecule has 0 aromatic carbocycles. The summed E-state index contributed by atoms with van der Waals surface area (Å²) in [7, 11) is 3.37. The zero-order valence-corrected chi connectivity index (χ0v) is 17.1. The first-order valence-electron chi connectivity index (χ1n) is 10.8. The second kappa shape index (κ2) is 7.58. The van der Waals surface area contributed by atoms with Gasteiger partial charge in [-0.1, -0.05) is 40.0 Å². The lowest BCUT2D eigenvalue weighted by atomic mass is 9.50. The molecule has 3 nitrogen and oxygen atoms in total. The van der Waals surface area contributed by atoms with Crippen LogP contribution in [0.15, 0.2) is 0 Å². The molecule has 0 aromatic heterocycles. The lowest BCUT2D eigenvalue weighted by Gasteiger charge is -2.54. The molecule has 1 amide bonds. The number of hydrogen-bond donors (Lipinski definition) is 0. The number of fused-ring (bicyclic) bond motifs is 3. The van der Waals surface area contributed by atoms with Gasteiger partial charge in [0.05, 0.1) is 7.11 Å². The van der Waals surface area contributed by atoms with Crippen LogP contribution >= 0.6 is 0 Å². The quantitative estimate of drug-likeness (QED) is 0.630. The zero-order valence-electron chi connectivity index (χ0n) is 17.1. The number of nitrogens with zero attached hydrogens (tertiary/aromatic N) is 1. The third kappa shape index (κ3) is 3.15. The highest BCUT2D eigenvalue weighted by Crippen LogP contribution is 2.63. The summed E-state index contributed by atoms with van der Waals surface area (Å²) in [4.78, 5) is 18.1. The maximum atomic E-state index is 12.9. The molecule has 7 unspecified atom stereocenters. The molecule has 3 rings (SSSR count). The second-order valence-electron chi connectivity index (χ2n) is 9.33. The van der Waals surface area contributed by atoms with Crippen molar-refractivity contribution in [3.8, 4) is 0 Å². The lowest BCUT2D eigenvalue weighted by molar-refractivity contribution is -0.179. The highest BCUT2D eigenvalue weighted by molar-refractivity contribution is 5.79. The molecule has 3 aliphatic carbocycles. The van der Waals surface area contributed by atoms with Crippen molar-refractivity contribution in [2.75, 3.05) is 14.2 Å². The van der Waals surface area contributed by atoms with Crippen LogP contribution in [0.4, 0.5) is 0 Å². The average Bonchev–Trinajstić information content (AvgIpc) is 2.98. The van der Waals surface area contributed by atoms with Crippen LogP contribution in [0.25, 0.3) is 0 Å². The predicted octanol–water partition coefficient (Wildman–Crippen LogP) is 5.30. The first-order valence-corrected chi connectivity index (χ1v) is 10.8. The van der Waals surface area contributed by atoms with Crippen molar-refractivity contribution < 1.29 is 9.63 Å². The number of hydrogen-bond acceptors (Lipinski definition) is 2. The maximum Gasteiger partial charge on any atom is 0.249 e. The number of hydroxylamine groups is 2. The van der Waals surface area contributed by atoms with Crippen LogP contribution in [-0.4, -0.2) is 25.1 Å². The van der Waals surface area contributed by atoms with Gasteiger partial charge < -0.3 is 0 Å². The van der Waals surface area contributed by atoms with Gasteiger partial charge in [-0.3, -0.25) is 9.63 Å². The van der Waals surface area contributed by atoms with E-state index in [9.17, 15) is 4.79 Å². The Labute approximate surface area is 154 Å². The monoisotopic (exact) mass is 349 g/mol. The van der Waals surface area contributed by atoms with Crippen LogP contribution in [0.2, 0.25) is 0 Å². The molecule has 7 atom stereocenters. The molecule has 0 radical (unpaired) electrons. The van der Waals surface area contributed by atoms with E-state index in [1.54, 1.807) is 14.2 Å². The zero-order chi connectivity index (χ0) is 18.2. The average molecular weight is 350 g/mol. The minimum Gasteiger partial charge on any atom is -0.275 e. The molecule has 0 aliphatic heterocycles. The van der Waals surface area contributed by atoms with Crippen molar-refractivity contribution in [1.82, 2.24) is 5.06 Å². The minimum absolute atomic E-state index is 0.164. The van der Waals surface area contributed by atoms with Crippen molar-refractivity contribution in [2.45, 2.75) is 78.6 Å². The van der Waals surface area contributed by atoms with Gasteiger partial charge in [0.1, 0.15) is 0 Å². The van der Waals surface area contributed by atoms with Crippen LogP contribution in [0.3, 0.4) is 0 Å². The largest absolute Gasteiger partial charge is 0.275 e. The Morgan fingerprint density at radius 3 is 2.52 bits per heavy atom. The molecule has 0 aromatic rings. The van der Waals surface area contributed by atoms with Crippen LogP contribution in [0.1, 0.15) is 78.6 Å². The van der Waals surface area contributed by atoms with E-state index < -0.39 is 0 Å². The van der Waals surface area contributed by atoms with Crippen molar-refractivity contribution >= 4 is 5.91 Å². The highest BCUT2D eigenvalue weighted by Gasteiger charge is 2.58. The predicted molar refractivity (Wildman–Crippen MR) is 102 cm³/mol. The summed E-state index contributed by atoms with van der Waals surface area (Å²) in [6.07, 6.45) is 11.8. The first kappa shape index (κ1) is 19.2. The van der Waals surface area contributed by atoms with E-state index in [0.29, 0.717) is 0 Å². The molecule has 144 valence electrons. The molecule has 25 heavy (non-hydrogen) atoms. The fourth-order valence-electron chi connectivity index (χ4n) is 7.24. The molecular formula is C22H39NO2. The molecule has 3 saturated carbocycles. The van der Waals surface area contributed by atoms with Gasteiger partial charge in [-0.05, 0) is 73.5 Å². The summed E-state index contributed by atoms with van der Waals surface area (Å²) in [6.45, 7) is 7.17. The van der Waals surface area contributed by atoms with Crippen LogP contribution in [0, 0.1) is 40.9 Å². The van der Waals surface area contributed by atoms with Gasteiger partial charge in [-0.15, -0.1) is 0 Å². The Morgan fingerprint density at radius 2 is 1.88 bits per heavy atom. The summed E-state index contributed by atoms with van der Waals surface area (Å²) in [5.41, 5.74) is 0.195. The molecule has 0 heterocycles. The van der Waals surface area contributed by atoms with Crippen molar-refractivity contribution in [1.29, 1.82) is 0 Å². The Kier molecular flexibility index (Phi) is 5.82.